The predicted octanol–water partition coefficient (Wildman–Crippen LogP) is 9.92. The number of rotatable bonds is 37. The number of allylic oxidation sites excluding steroid dienone is 4. The van der Waals surface area contributed by atoms with Crippen LogP contribution in [-0.4, -0.2) is 66.3 Å². The van der Waals surface area contributed by atoms with Crippen molar-refractivity contribution in [2.45, 2.75) is 180 Å². The van der Waals surface area contributed by atoms with Gasteiger partial charge >= 0.3 is 13.8 Å². The van der Waals surface area contributed by atoms with Crippen LogP contribution in [0.25, 0.3) is 0 Å². The molecule has 0 saturated heterocycles. The molecular formula is C38H73O9P. The van der Waals surface area contributed by atoms with Crippen molar-refractivity contribution in [2.75, 3.05) is 33.0 Å². The van der Waals surface area contributed by atoms with Crippen LogP contribution in [0.3, 0.4) is 0 Å². The van der Waals surface area contributed by atoms with Gasteiger partial charge in [-0.25, -0.2) is 4.57 Å². The molecule has 0 saturated carbocycles. The van der Waals surface area contributed by atoms with E-state index in [0.717, 1.165) is 64.2 Å². The second-order valence-corrected chi connectivity index (χ2v) is 14.4. The van der Waals surface area contributed by atoms with Gasteiger partial charge in [0, 0.05) is 13.0 Å². The van der Waals surface area contributed by atoms with Gasteiger partial charge in [-0.3, -0.25) is 13.8 Å². The number of carbonyl (C=O) groups excluding carboxylic acids is 1. The molecule has 0 fully saturated rings. The van der Waals surface area contributed by atoms with Crippen molar-refractivity contribution in [3.05, 3.63) is 24.3 Å². The lowest BCUT2D eigenvalue weighted by atomic mass is 10.1. The Morgan fingerprint density at radius 3 is 1.60 bits per heavy atom. The van der Waals surface area contributed by atoms with E-state index < -0.39 is 39.2 Å². The van der Waals surface area contributed by atoms with Gasteiger partial charge in [0.1, 0.15) is 12.2 Å². The van der Waals surface area contributed by atoms with Crippen LogP contribution in [0.15, 0.2) is 24.3 Å². The summed E-state index contributed by atoms with van der Waals surface area (Å²) in [6.45, 7) is 3.46. The number of esters is 1. The Bertz CT molecular complexity index is 805. The Labute approximate surface area is 293 Å². The van der Waals surface area contributed by atoms with E-state index in [4.69, 9.17) is 23.6 Å². The highest BCUT2D eigenvalue weighted by Gasteiger charge is 2.26. The van der Waals surface area contributed by atoms with Crippen molar-refractivity contribution < 1.29 is 43.0 Å². The number of aliphatic hydroxyl groups excluding tert-OH is 2. The molecule has 0 heterocycles. The highest BCUT2D eigenvalue weighted by atomic mass is 31.2. The standard InChI is InChI=1S/C38H73O9P/c1-3-5-7-9-11-13-15-17-18-20-22-24-26-28-30-38(41)47-37(35-46-48(42,43)45-33-36(40)32-39)34-44-31-29-27-25-23-21-19-16-14-12-10-8-6-4-2/h12,14-15,17,36-37,39-40H,3-11,13,16,18-35H2,1-2H3,(H,42,43)/b14-12-,17-15-. The predicted molar refractivity (Wildman–Crippen MR) is 196 cm³/mol. The summed E-state index contributed by atoms with van der Waals surface area (Å²) in [7, 11) is -4.51. The maximum atomic E-state index is 12.5. The monoisotopic (exact) mass is 704 g/mol. The maximum Gasteiger partial charge on any atom is 0.472 e. The summed E-state index contributed by atoms with van der Waals surface area (Å²) in [5.41, 5.74) is 0. The van der Waals surface area contributed by atoms with Crippen LogP contribution in [0.4, 0.5) is 0 Å². The van der Waals surface area contributed by atoms with E-state index in [9.17, 15) is 19.4 Å². The van der Waals surface area contributed by atoms with Crippen LogP contribution in [0.1, 0.15) is 168 Å². The summed E-state index contributed by atoms with van der Waals surface area (Å²) in [5.74, 6) is -0.394. The Kier molecular flexibility index (Phi) is 35.0. The quantitative estimate of drug-likeness (QED) is 0.0250. The highest BCUT2D eigenvalue weighted by molar-refractivity contribution is 7.47. The van der Waals surface area contributed by atoms with E-state index in [0.29, 0.717) is 6.61 Å². The van der Waals surface area contributed by atoms with Crippen LogP contribution in [-0.2, 0) is 27.9 Å². The number of hydrogen-bond acceptors (Lipinski definition) is 8. The third-order valence-corrected chi connectivity index (χ3v) is 9.06. The van der Waals surface area contributed by atoms with Gasteiger partial charge in [0.05, 0.1) is 26.4 Å². The molecule has 10 heteroatoms. The van der Waals surface area contributed by atoms with Gasteiger partial charge in [-0.05, 0) is 64.2 Å². The molecule has 0 spiro atoms. The van der Waals surface area contributed by atoms with Crippen molar-refractivity contribution >= 4 is 13.8 Å². The average Bonchev–Trinajstić information content (AvgIpc) is 3.07. The first-order chi connectivity index (χ1) is 23.3. The number of unbranched alkanes of at least 4 members (excludes halogenated alkanes) is 19. The topological polar surface area (TPSA) is 132 Å². The van der Waals surface area contributed by atoms with Gasteiger partial charge in [0.15, 0.2) is 0 Å². The van der Waals surface area contributed by atoms with Gasteiger partial charge < -0.3 is 24.6 Å². The van der Waals surface area contributed by atoms with Crippen molar-refractivity contribution in [2.24, 2.45) is 0 Å². The molecular weight excluding hydrogens is 631 g/mol. The molecule has 3 N–H and O–H groups in total. The fourth-order valence-corrected chi connectivity index (χ4v) is 5.90. The zero-order valence-electron chi connectivity index (χ0n) is 30.7. The first kappa shape index (κ1) is 46.9. The normalized spacial score (nSPS) is 14.5. The molecule has 0 bridgehead atoms. The van der Waals surface area contributed by atoms with E-state index in [1.165, 1.54) is 83.5 Å². The number of phosphoric ester groups is 1. The third kappa shape index (κ3) is 34.8. The lowest BCUT2D eigenvalue weighted by molar-refractivity contribution is -0.154. The zero-order chi connectivity index (χ0) is 35.4. The van der Waals surface area contributed by atoms with E-state index in [-0.39, 0.29) is 19.6 Å². The lowest BCUT2D eigenvalue weighted by Gasteiger charge is -2.20. The molecule has 3 atom stereocenters. The summed E-state index contributed by atoms with van der Waals surface area (Å²) in [5, 5.41) is 18.3. The van der Waals surface area contributed by atoms with E-state index in [1.54, 1.807) is 0 Å². The third-order valence-electron chi connectivity index (χ3n) is 8.11. The van der Waals surface area contributed by atoms with Crippen molar-refractivity contribution in [1.82, 2.24) is 0 Å². The molecule has 0 rings (SSSR count). The molecule has 0 radical (unpaired) electrons. The second kappa shape index (κ2) is 35.8. The van der Waals surface area contributed by atoms with Crippen molar-refractivity contribution in [3.8, 4) is 0 Å². The average molecular weight is 705 g/mol. The Hall–Kier alpha value is -1.06. The fourth-order valence-electron chi connectivity index (χ4n) is 5.11. The minimum absolute atomic E-state index is 0.0435. The highest BCUT2D eigenvalue weighted by Crippen LogP contribution is 2.43. The van der Waals surface area contributed by atoms with E-state index in [1.807, 2.05) is 0 Å². The van der Waals surface area contributed by atoms with Crippen molar-refractivity contribution in [3.63, 3.8) is 0 Å². The minimum Gasteiger partial charge on any atom is -0.457 e. The van der Waals surface area contributed by atoms with Crippen LogP contribution in [0.2, 0.25) is 0 Å². The first-order valence-electron chi connectivity index (χ1n) is 19.3. The van der Waals surface area contributed by atoms with Crippen LogP contribution >= 0.6 is 7.82 Å². The molecule has 0 aliphatic rings. The molecule has 0 aromatic carbocycles. The van der Waals surface area contributed by atoms with Gasteiger partial charge in [-0.2, -0.15) is 0 Å². The Morgan fingerprint density at radius 1 is 0.625 bits per heavy atom. The number of aliphatic hydroxyl groups is 2. The zero-order valence-corrected chi connectivity index (χ0v) is 31.6. The van der Waals surface area contributed by atoms with Crippen LogP contribution in [0.5, 0.6) is 0 Å². The van der Waals surface area contributed by atoms with Crippen LogP contribution < -0.4 is 0 Å². The second-order valence-electron chi connectivity index (χ2n) is 12.9. The summed E-state index contributed by atoms with van der Waals surface area (Å²) in [4.78, 5) is 22.5. The van der Waals surface area contributed by atoms with Gasteiger partial charge in [0.2, 0.25) is 0 Å². The molecule has 3 unspecified atom stereocenters. The molecule has 0 aliphatic heterocycles. The summed E-state index contributed by atoms with van der Waals surface area (Å²) < 4.78 is 33.2. The molecule has 48 heavy (non-hydrogen) atoms. The lowest BCUT2D eigenvalue weighted by Crippen LogP contribution is -2.29. The maximum absolute atomic E-state index is 12.5. The summed E-state index contributed by atoms with van der Waals surface area (Å²) in [6, 6.07) is 0. The smallest absolute Gasteiger partial charge is 0.457 e. The number of ether oxygens (including phenoxy) is 2. The minimum atomic E-state index is -4.51. The number of phosphoric acid groups is 1. The first-order valence-corrected chi connectivity index (χ1v) is 20.8. The molecule has 0 aromatic heterocycles. The van der Waals surface area contributed by atoms with E-state index >= 15 is 0 Å². The molecule has 0 amide bonds. The van der Waals surface area contributed by atoms with E-state index in [2.05, 4.69) is 38.2 Å². The van der Waals surface area contributed by atoms with Gasteiger partial charge in [0.25, 0.3) is 0 Å². The fraction of sp³-hybridized carbons (Fsp3) is 0.868. The molecule has 284 valence electrons. The van der Waals surface area contributed by atoms with Crippen molar-refractivity contribution in [1.29, 1.82) is 0 Å². The SMILES string of the molecule is CCCCC/C=C\CCCCCCCCOCC(COP(=O)(O)OCC(O)CO)OC(=O)CCCCCCC/C=C\CCCCCCC. The van der Waals surface area contributed by atoms with Gasteiger partial charge in [-0.15, -0.1) is 0 Å². The summed E-state index contributed by atoms with van der Waals surface area (Å²) in [6.07, 6.45) is 34.1. The largest absolute Gasteiger partial charge is 0.472 e. The van der Waals surface area contributed by atoms with Gasteiger partial charge in [-0.1, -0.05) is 122 Å². The number of hydrogen-bond donors (Lipinski definition) is 3. The summed E-state index contributed by atoms with van der Waals surface area (Å²) >= 11 is 0. The molecule has 0 aromatic rings. The number of carbonyl (C=O) groups is 1. The molecule has 9 nitrogen and oxygen atoms in total. The van der Waals surface area contributed by atoms with Crippen LogP contribution in [0, 0.1) is 0 Å². The Balaban J connectivity index is 4.25. The Morgan fingerprint density at radius 2 is 1.06 bits per heavy atom. The molecule has 0 aliphatic carbocycles.